The van der Waals surface area contributed by atoms with Gasteiger partial charge in [-0.1, -0.05) is 18.2 Å². The molecule has 1 unspecified atom stereocenters. The van der Waals surface area contributed by atoms with Crippen LogP contribution in [0.3, 0.4) is 0 Å². The summed E-state index contributed by atoms with van der Waals surface area (Å²) in [5, 5.41) is 11.6. The van der Waals surface area contributed by atoms with Gasteiger partial charge in [0.2, 0.25) is 6.29 Å². The Balaban J connectivity index is 2.73. The number of aliphatic hydroxyl groups is 1. The fraction of sp³-hybridized carbons (Fsp3) is 0.300. The van der Waals surface area contributed by atoms with Crippen molar-refractivity contribution >= 4 is 12.0 Å². The first-order valence-electron chi connectivity index (χ1n) is 4.08. The molecule has 0 aliphatic carbocycles. The Hall–Kier alpha value is -1.35. The molecule has 3 nitrogen and oxygen atoms in total. The van der Waals surface area contributed by atoms with Crippen molar-refractivity contribution in [2.45, 2.75) is 13.0 Å². The Morgan fingerprint density at radius 1 is 1.54 bits per heavy atom. The van der Waals surface area contributed by atoms with Crippen molar-refractivity contribution in [3.05, 3.63) is 29.8 Å². The molecule has 1 atom stereocenters. The van der Waals surface area contributed by atoms with Crippen LogP contribution in [-0.4, -0.2) is 24.0 Å². The van der Waals surface area contributed by atoms with Crippen LogP contribution < -0.4 is 5.32 Å². The van der Waals surface area contributed by atoms with E-state index < -0.39 is 6.04 Å². The van der Waals surface area contributed by atoms with Gasteiger partial charge in [0.1, 0.15) is 6.04 Å². The lowest BCUT2D eigenvalue weighted by Gasteiger charge is -2.12. The van der Waals surface area contributed by atoms with E-state index >= 15 is 0 Å². The number of carbonyl (C=O) groups excluding carboxylic acids is 1. The summed E-state index contributed by atoms with van der Waals surface area (Å²) in [6.07, 6.45) is 1.72. The maximum Gasteiger partial charge on any atom is 0.225 e. The molecular formula is C10H12NO2. The molecule has 0 aliphatic rings. The topological polar surface area (TPSA) is 49.3 Å². The number of nitrogens with one attached hydrogen (secondary N) is 1. The number of hydrogen-bond donors (Lipinski definition) is 2. The molecule has 0 fully saturated rings. The molecule has 69 valence electrons. The second-order valence-corrected chi connectivity index (χ2v) is 2.81. The van der Waals surface area contributed by atoms with Crippen LogP contribution in [0.4, 0.5) is 5.69 Å². The van der Waals surface area contributed by atoms with E-state index in [0.29, 0.717) is 0 Å². The van der Waals surface area contributed by atoms with E-state index in [-0.39, 0.29) is 6.61 Å². The third-order valence-corrected chi connectivity index (χ3v) is 1.80. The number of aryl methyl sites for hydroxylation is 1. The quantitative estimate of drug-likeness (QED) is 0.719. The summed E-state index contributed by atoms with van der Waals surface area (Å²) in [7, 11) is 0. The van der Waals surface area contributed by atoms with Gasteiger partial charge in [-0.3, -0.25) is 4.79 Å². The van der Waals surface area contributed by atoms with Crippen molar-refractivity contribution in [2.24, 2.45) is 0 Å². The first kappa shape index (κ1) is 9.74. The fourth-order valence-electron chi connectivity index (χ4n) is 1.03. The number of para-hydroxylation sites is 1. The summed E-state index contributed by atoms with van der Waals surface area (Å²) in [4.78, 5) is 10.3. The van der Waals surface area contributed by atoms with Gasteiger partial charge in [0.15, 0.2) is 0 Å². The molecule has 3 heteroatoms. The molecule has 1 radical (unpaired) electrons. The van der Waals surface area contributed by atoms with E-state index in [1.165, 1.54) is 0 Å². The second kappa shape index (κ2) is 4.62. The van der Waals surface area contributed by atoms with Gasteiger partial charge in [-0.05, 0) is 18.6 Å². The van der Waals surface area contributed by atoms with E-state index in [2.05, 4.69) is 5.32 Å². The van der Waals surface area contributed by atoms with Crippen LogP contribution in [0, 0.1) is 6.92 Å². The molecule has 1 aromatic rings. The zero-order valence-corrected chi connectivity index (χ0v) is 7.45. The highest BCUT2D eigenvalue weighted by atomic mass is 16.3. The lowest BCUT2D eigenvalue weighted by Crippen LogP contribution is -2.25. The normalized spacial score (nSPS) is 12.2. The van der Waals surface area contributed by atoms with Crippen LogP contribution in [0.2, 0.25) is 0 Å². The number of anilines is 1. The van der Waals surface area contributed by atoms with E-state index in [4.69, 9.17) is 5.11 Å². The Morgan fingerprint density at radius 3 is 2.77 bits per heavy atom. The largest absolute Gasteiger partial charge is 0.394 e. The fourth-order valence-corrected chi connectivity index (χ4v) is 1.03. The van der Waals surface area contributed by atoms with Gasteiger partial charge in [-0.2, -0.15) is 0 Å². The van der Waals surface area contributed by atoms with Crippen molar-refractivity contribution < 1.29 is 9.90 Å². The molecule has 0 spiro atoms. The zero-order chi connectivity index (χ0) is 9.68. The van der Waals surface area contributed by atoms with Gasteiger partial charge in [0, 0.05) is 5.69 Å². The highest BCUT2D eigenvalue weighted by Crippen LogP contribution is 2.13. The molecule has 0 saturated heterocycles. The highest BCUT2D eigenvalue weighted by Gasteiger charge is 2.06. The Morgan fingerprint density at radius 2 is 2.23 bits per heavy atom. The van der Waals surface area contributed by atoms with Crippen LogP contribution in [0.1, 0.15) is 5.56 Å². The van der Waals surface area contributed by atoms with Gasteiger partial charge in [-0.15, -0.1) is 0 Å². The molecule has 1 rings (SSSR count). The molecule has 2 N–H and O–H groups in total. The Bertz CT molecular complexity index is 286. The zero-order valence-electron chi connectivity index (χ0n) is 7.45. The third-order valence-electron chi connectivity index (χ3n) is 1.80. The van der Waals surface area contributed by atoms with Crippen LogP contribution in [0.15, 0.2) is 24.3 Å². The lowest BCUT2D eigenvalue weighted by atomic mass is 10.2. The molecular weight excluding hydrogens is 166 g/mol. The molecule has 0 amide bonds. The first-order valence-corrected chi connectivity index (χ1v) is 4.08. The molecule has 13 heavy (non-hydrogen) atoms. The Labute approximate surface area is 77.4 Å². The molecule has 0 aromatic heterocycles. The van der Waals surface area contributed by atoms with Gasteiger partial charge < -0.3 is 10.4 Å². The minimum atomic E-state index is -0.638. The first-order chi connectivity index (χ1) is 6.27. The predicted molar refractivity (Wildman–Crippen MR) is 51.4 cm³/mol. The van der Waals surface area contributed by atoms with Crippen molar-refractivity contribution in [3.63, 3.8) is 0 Å². The average molecular weight is 178 g/mol. The van der Waals surface area contributed by atoms with Crippen molar-refractivity contribution in [3.8, 4) is 0 Å². The maximum absolute atomic E-state index is 10.3. The summed E-state index contributed by atoms with van der Waals surface area (Å²) in [6, 6.07) is 6.94. The summed E-state index contributed by atoms with van der Waals surface area (Å²) in [5.41, 5.74) is 1.89. The number of aliphatic hydroxyl groups excluding tert-OH is 1. The van der Waals surface area contributed by atoms with Gasteiger partial charge >= 0.3 is 0 Å². The van der Waals surface area contributed by atoms with E-state index in [0.717, 1.165) is 11.3 Å². The van der Waals surface area contributed by atoms with Gasteiger partial charge in [0.25, 0.3) is 0 Å². The number of benzene rings is 1. The van der Waals surface area contributed by atoms with E-state index in [1.54, 1.807) is 6.29 Å². The third kappa shape index (κ3) is 2.56. The predicted octanol–water partition coefficient (Wildman–Crippen LogP) is 0.878. The van der Waals surface area contributed by atoms with Crippen LogP contribution in [-0.2, 0) is 4.79 Å². The van der Waals surface area contributed by atoms with Crippen molar-refractivity contribution in [2.75, 3.05) is 11.9 Å². The van der Waals surface area contributed by atoms with E-state index in [9.17, 15) is 4.79 Å². The van der Waals surface area contributed by atoms with Crippen LogP contribution in [0.5, 0.6) is 0 Å². The maximum atomic E-state index is 10.3. The molecule has 0 bridgehead atoms. The summed E-state index contributed by atoms with van der Waals surface area (Å²) < 4.78 is 0. The number of hydrogen-bond acceptors (Lipinski definition) is 3. The molecule has 1 aromatic carbocycles. The molecule has 0 aliphatic heterocycles. The molecule has 0 saturated carbocycles. The lowest BCUT2D eigenvalue weighted by molar-refractivity contribution is 0.293. The minimum absolute atomic E-state index is 0.238. The monoisotopic (exact) mass is 178 g/mol. The van der Waals surface area contributed by atoms with E-state index in [1.807, 2.05) is 31.2 Å². The standard InChI is InChI=1S/C10H12NO2/c1-8-4-2-3-5-10(8)11-9(6-12)7-13/h2-5,9,11-12H,6H2,1H3. The summed E-state index contributed by atoms with van der Waals surface area (Å²) in [6.45, 7) is 1.69. The van der Waals surface area contributed by atoms with Crippen LogP contribution >= 0.6 is 0 Å². The highest BCUT2D eigenvalue weighted by molar-refractivity contribution is 5.66. The number of rotatable bonds is 4. The summed E-state index contributed by atoms with van der Waals surface area (Å²) in [5.74, 6) is 0. The average Bonchev–Trinajstić information content (AvgIpc) is 2.17. The molecule has 0 heterocycles. The van der Waals surface area contributed by atoms with Gasteiger partial charge in [-0.25, -0.2) is 0 Å². The SMILES string of the molecule is Cc1ccccc1NC([C]=O)CO. The van der Waals surface area contributed by atoms with Crippen molar-refractivity contribution in [1.82, 2.24) is 0 Å². The van der Waals surface area contributed by atoms with Gasteiger partial charge in [0.05, 0.1) is 6.61 Å². The summed E-state index contributed by atoms with van der Waals surface area (Å²) >= 11 is 0. The second-order valence-electron chi connectivity index (χ2n) is 2.81. The minimum Gasteiger partial charge on any atom is -0.394 e. The van der Waals surface area contributed by atoms with Crippen molar-refractivity contribution in [1.29, 1.82) is 0 Å². The Kier molecular flexibility index (Phi) is 3.46. The van der Waals surface area contributed by atoms with Crippen LogP contribution in [0.25, 0.3) is 0 Å². The smallest absolute Gasteiger partial charge is 0.225 e.